The van der Waals surface area contributed by atoms with Gasteiger partial charge in [0.1, 0.15) is 0 Å². The van der Waals surface area contributed by atoms with E-state index < -0.39 is 0 Å². The highest BCUT2D eigenvalue weighted by atomic mass is 127. The van der Waals surface area contributed by atoms with E-state index in [9.17, 15) is 0 Å². The first-order chi connectivity index (χ1) is 10.8. The molecular weight excluding hydrogens is 395 g/mol. The summed E-state index contributed by atoms with van der Waals surface area (Å²) in [5.74, 6) is 1.49. The summed E-state index contributed by atoms with van der Waals surface area (Å²) in [4.78, 5) is 11.3. The first-order valence-corrected chi connectivity index (χ1v) is 8.16. The van der Waals surface area contributed by atoms with Crippen LogP contribution in [0.1, 0.15) is 12.8 Å². The lowest BCUT2D eigenvalue weighted by molar-refractivity contribution is 0.314. The zero-order valence-corrected chi connectivity index (χ0v) is 13.8. The van der Waals surface area contributed by atoms with E-state index in [1.807, 2.05) is 24.3 Å². The molecule has 8 heteroatoms. The molecule has 4 rings (SSSR count). The lowest BCUT2D eigenvalue weighted by Crippen LogP contribution is -2.21. The van der Waals surface area contributed by atoms with Crippen LogP contribution in [0.5, 0.6) is 0 Å². The van der Waals surface area contributed by atoms with Crippen molar-refractivity contribution in [3.8, 4) is 0 Å². The van der Waals surface area contributed by atoms with Gasteiger partial charge in [0.25, 0.3) is 0 Å². The topological polar surface area (TPSA) is 80.0 Å². The summed E-state index contributed by atoms with van der Waals surface area (Å²) < 4.78 is 5.86. The van der Waals surface area contributed by atoms with Crippen LogP contribution in [0, 0.1) is 3.57 Å². The third kappa shape index (κ3) is 2.47. The average Bonchev–Trinajstić information content (AvgIpc) is 3.19. The highest BCUT2D eigenvalue weighted by Gasteiger charge is 2.21. The van der Waals surface area contributed by atoms with Crippen LogP contribution in [0.15, 0.2) is 28.9 Å². The molecule has 0 radical (unpaired) electrons. The van der Waals surface area contributed by atoms with Crippen LogP contribution >= 0.6 is 22.6 Å². The van der Waals surface area contributed by atoms with Crippen LogP contribution in [0.2, 0.25) is 0 Å². The van der Waals surface area contributed by atoms with Crippen LogP contribution < -0.4 is 10.2 Å². The molecule has 7 nitrogen and oxygen atoms in total. The summed E-state index contributed by atoms with van der Waals surface area (Å²) in [6.07, 6.45) is 2.33. The molecule has 0 saturated carbocycles. The summed E-state index contributed by atoms with van der Waals surface area (Å²) in [5, 5.41) is 11.0. The quantitative estimate of drug-likeness (QED) is 0.668. The van der Waals surface area contributed by atoms with Crippen LogP contribution in [-0.2, 0) is 0 Å². The summed E-state index contributed by atoms with van der Waals surface area (Å²) in [7, 11) is 0. The van der Waals surface area contributed by atoms with Gasteiger partial charge in [0.2, 0.25) is 11.3 Å². The van der Waals surface area contributed by atoms with Crippen molar-refractivity contribution >= 4 is 51.2 Å². The van der Waals surface area contributed by atoms with Gasteiger partial charge in [-0.2, -0.15) is 0 Å². The number of rotatable bonds is 3. The van der Waals surface area contributed by atoms with Gasteiger partial charge >= 0.3 is 0 Å². The highest BCUT2D eigenvalue weighted by molar-refractivity contribution is 14.1. The molecule has 2 aromatic heterocycles. The molecule has 0 atom stereocenters. The van der Waals surface area contributed by atoms with Gasteiger partial charge in [-0.05, 0) is 57.9 Å². The molecule has 112 valence electrons. The van der Waals surface area contributed by atoms with E-state index in [0.29, 0.717) is 17.1 Å². The van der Waals surface area contributed by atoms with Crippen molar-refractivity contribution in [1.82, 2.24) is 20.3 Å². The zero-order valence-electron chi connectivity index (χ0n) is 11.7. The first-order valence-electron chi connectivity index (χ1n) is 7.08. The molecule has 0 bridgehead atoms. The van der Waals surface area contributed by atoms with Crippen molar-refractivity contribution in [3.63, 3.8) is 0 Å². The molecule has 0 amide bonds. The summed E-state index contributed by atoms with van der Waals surface area (Å²) >= 11 is 2.29. The standard InChI is InChI=1S/C14H13IN6O/c15-9-5-1-2-6-10(9)16-13-14(21-7-3-4-8-21)18-12-11(17-13)19-22-20-12/h1-2,5-6H,3-4,7-8H2,(H,16,17,19). The second kappa shape index (κ2) is 5.67. The van der Waals surface area contributed by atoms with Gasteiger partial charge < -0.3 is 10.2 Å². The first kappa shape index (κ1) is 13.7. The largest absolute Gasteiger partial charge is 0.353 e. The van der Waals surface area contributed by atoms with E-state index in [4.69, 9.17) is 4.63 Å². The van der Waals surface area contributed by atoms with Gasteiger partial charge in [0.05, 0.1) is 5.69 Å². The molecule has 0 aliphatic carbocycles. The van der Waals surface area contributed by atoms with E-state index in [1.54, 1.807) is 0 Å². The molecule has 3 aromatic rings. The van der Waals surface area contributed by atoms with E-state index in [0.717, 1.165) is 28.2 Å². The van der Waals surface area contributed by atoms with Crippen LogP contribution in [0.4, 0.5) is 17.3 Å². The van der Waals surface area contributed by atoms with E-state index >= 15 is 0 Å². The zero-order chi connectivity index (χ0) is 14.9. The van der Waals surface area contributed by atoms with Crippen molar-refractivity contribution in [1.29, 1.82) is 0 Å². The normalized spacial score (nSPS) is 14.7. The molecule has 1 saturated heterocycles. The number of halogens is 1. The molecule has 22 heavy (non-hydrogen) atoms. The lowest BCUT2D eigenvalue weighted by atomic mass is 10.3. The van der Waals surface area contributed by atoms with Gasteiger partial charge in [0.15, 0.2) is 11.6 Å². The third-order valence-electron chi connectivity index (χ3n) is 3.63. The molecule has 1 aliphatic rings. The van der Waals surface area contributed by atoms with Crippen molar-refractivity contribution in [2.75, 3.05) is 23.3 Å². The number of aromatic nitrogens is 4. The summed E-state index contributed by atoms with van der Waals surface area (Å²) in [5.41, 5.74) is 1.85. The number of para-hydroxylation sites is 1. The Kier molecular flexibility index (Phi) is 3.53. The number of benzene rings is 1. The van der Waals surface area contributed by atoms with E-state index in [2.05, 4.69) is 53.1 Å². The molecule has 1 aliphatic heterocycles. The third-order valence-corrected chi connectivity index (χ3v) is 4.57. The molecule has 1 fully saturated rings. The molecule has 0 spiro atoms. The fourth-order valence-corrected chi connectivity index (χ4v) is 3.08. The number of nitrogens with zero attached hydrogens (tertiary/aromatic N) is 5. The average molecular weight is 408 g/mol. The van der Waals surface area contributed by atoms with Gasteiger partial charge in [-0.3, -0.25) is 0 Å². The maximum absolute atomic E-state index is 4.74. The minimum atomic E-state index is 0.413. The minimum Gasteiger partial charge on any atom is -0.353 e. The number of hydrogen-bond donors (Lipinski definition) is 1. The number of hydrogen-bond acceptors (Lipinski definition) is 7. The Morgan fingerprint density at radius 2 is 1.77 bits per heavy atom. The Bertz CT molecular complexity index is 814. The number of fused-ring (bicyclic) bond motifs is 1. The van der Waals surface area contributed by atoms with E-state index in [1.165, 1.54) is 12.8 Å². The van der Waals surface area contributed by atoms with Crippen LogP contribution in [-0.4, -0.2) is 33.4 Å². The van der Waals surface area contributed by atoms with E-state index in [-0.39, 0.29) is 0 Å². The van der Waals surface area contributed by atoms with Gasteiger partial charge in [-0.1, -0.05) is 12.1 Å². The maximum Gasteiger partial charge on any atom is 0.245 e. The molecule has 1 N–H and O–H groups in total. The van der Waals surface area contributed by atoms with Crippen molar-refractivity contribution < 1.29 is 4.63 Å². The summed E-state index contributed by atoms with van der Waals surface area (Å²) in [6.45, 7) is 1.96. The van der Waals surface area contributed by atoms with Gasteiger partial charge in [-0.25, -0.2) is 14.6 Å². The van der Waals surface area contributed by atoms with Crippen LogP contribution in [0.25, 0.3) is 11.3 Å². The Hall–Kier alpha value is -1.97. The minimum absolute atomic E-state index is 0.413. The monoisotopic (exact) mass is 408 g/mol. The second-order valence-corrected chi connectivity index (χ2v) is 6.27. The summed E-state index contributed by atoms with van der Waals surface area (Å²) in [6, 6.07) is 8.05. The van der Waals surface area contributed by atoms with Crippen LogP contribution in [0.3, 0.4) is 0 Å². The molecular formula is C14H13IN6O. The highest BCUT2D eigenvalue weighted by Crippen LogP contribution is 2.30. The Labute approximate surface area is 140 Å². The number of anilines is 3. The fraction of sp³-hybridized carbons (Fsp3) is 0.286. The Balaban J connectivity index is 1.80. The SMILES string of the molecule is Ic1ccccc1Nc1nc2nonc2nc1N1CCCC1. The van der Waals surface area contributed by atoms with Gasteiger partial charge in [0, 0.05) is 16.7 Å². The fourth-order valence-electron chi connectivity index (χ4n) is 2.55. The number of nitrogens with one attached hydrogen (secondary N) is 1. The Morgan fingerprint density at radius 1 is 1.05 bits per heavy atom. The maximum atomic E-state index is 4.74. The molecule has 3 heterocycles. The predicted molar refractivity (Wildman–Crippen MR) is 91.3 cm³/mol. The van der Waals surface area contributed by atoms with Crippen molar-refractivity contribution in [3.05, 3.63) is 27.8 Å². The van der Waals surface area contributed by atoms with Gasteiger partial charge in [-0.15, -0.1) is 0 Å². The second-order valence-electron chi connectivity index (χ2n) is 5.11. The predicted octanol–water partition coefficient (Wildman–Crippen LogP) is 2.96. The molecule has 1 aromatic carbocycles. The Morgan fingerprint density at radius 3 is 2.55 bits per heavy atom. The van der Waals surface area contributed by atoms with Crippen molar-refractivity contribution in [2.45, 2.75) is 12.8 Å². The smallest absolute Gasteiger partial charge is 0.245 e. The molecule has 0 unspecified atom stereocenters. The lowest BCUT2D eigenvalue weighted by Gasteiger charge is -2.19. The van der Waals surface area contributed by atoms with Crippen molar-refractivity contribution in [2.24, 2.45) is 0 Å².